The first-order valence-electron chi connectivity index (χ1n) is 10.2. The van der Waals surface area contributed by atoms with Crippen molar-refractivity contribution < 1.29 is 18.8 Å². The molecule has 1 atom stereocenters. The first-order chi connectivity index (χ1) is 15.5. The van der Waals surface area contributed by atoms with Gasteiger partial charge < -0.3 is 14.5 Å². The number of hydrogen-bond acceptors (Lipinski definition) is 4. The van der Waals surface area contributed by atoms with Gasteiger partial charge in [0, 0.05) is 29.1 Å². The fourth-order valence-electron chi connectivity index (χ4n) is 3.67. The van der Waals surface area contributed by atoms with E-state index in [1.165, 1.54) is 18.2 Å². The second-order valence-electron chi connectivity index (χ2n) is 7.46. The van der Waals surface area contributed by atoms with Crippen molar-refractivity contribution in [2.24, 2.45) is 5.16 Å². The number of carbonyl (C=O) groups excluding carboxylic acids is 1. The maximum absolute atomic E-state index is 13.8. The van der Waals surface area contributed by atoms with Crippen molar-refractivity contribution in [3.05, 3.63) is 100 Å². The van der Waals surface area contributed by atoms with Gasteiger partial charge in [0.2, 0.25) is 0 Å². The van der Waals surface area contributed by atoms with Crippen molar-refractivity contribution in [1.82, 2.24) is 4.90 Å². The predicted octanol–water partition coefficient (Wildman–Crippen LogP) is 5.32. The standard InChI is InChI=1S/C25H22ClFN2O3/c1-31-24-12-5-3-10-21(24)23-14-20(32-28-23)16-29(15-18-7-2-4-11-22(18)26)25(30)17-8-6-9-19(27)13-17/h2-13,20H,14-16H2,1H3. The summed E-state index contributed by atoms with van der Waals surface area (Å²) in [6, 6.07) is 20.6. The SMILES string of the molecule is COc1ccccc1C1=NOC(CN(Cc2ccccc2Cl)C(=O)c2cccc(F)c2)C1. The van der Waals surface area contributed by atoms with Gasteiger partial charge in [0.1, 0.15) is 11.6 Å². The van der Waals surface area contributed by atoms with E-state index in [1.54, 1.807) is 24.1 Å². The smallest absolute Gasteiger partial charge is 0.254 e. The van der Waals surface area contributed by atoms with Crippen LogP contribution in [0.3, 0.4) is 0 Å². The minimum absolute atomic E-state index is 0.263. The third-order valence-electron chi connectivity index (χ3n) is 5.25. The second kappa shape index (κ2) is 9.83. The zero-order valence-electron chi connectivity index (χ0n) is 17.5. The zero-order chi connectivity index (χ0) is 22.5. The molecular formula is C25H22ClFN2O3. The van der Waals surface area contributed by atoms with E-state index in [9.17, 15) is 9.18 Å². The highest BCUT2D eigenvalue weighted by Crippen LogP contribution is 2.26. The highest BCUT2D eigenvalue weighted by Gasteiger charge is 2.29. The van der Waals surface area contributed by atoms with Gasteiger partial charge in [-0.2, -0.15) is 0 Å². The lowest BCUT2D eigenvalue weighted by molar-refractivity contribution is 0.0405. The molecule has 1 unspecified atom stereocenters. The van der Waals surface area contributed by atoms with Crippen molar-refractivity contribution in [3.8, 4) is 5.75 Å². The molecule has 0 saturated carbocycles. The molecule has 0 radical (unpaired) electrons. The van der Waals surface area contributed by atoms with Gasteiger partial charge in [-0.15, -0.1) is 0 Å². The summed E-state index contributed by atoms with van der Waals surface area (Å²) in [4.78, 5) is 20.5. The van der Waals surface area contributed by atoms with E-state index in [2.05, 4.69) is 5.16 Å². The highest BCUT2D eigenvalue weighted by atomic mass is 35.5. The van der Waals surface area contributed by atoms with Gasteiger partial charge in [0.15, 0.2) is 6.10 Å². The van der Waals surface area contributed by atoms with Crippen LogP contribution in [-0.2, 0) is 11.4 Å². The molecule has 5 nitrogen and oxygen atoms in total. The van der Waals surface area contributed by atoms with Gasteiger partial charge in [-0.3, -0.25) is 4.79 Å². The van der Waals surface area contributed by atoms with Crippen LogP contribution in [0, 0.1) is 5.82 Å². The summed E-state index contributed by atoms with van der Waals surface area (Å²) < 4.78 is 19.2. The molecule has 1 aliphatic rings. The molecule has 0 fully saturated rings. The Labute approximate surface area is 191 Å². The van der Waals surface area contributed by atoms with Crippen LogP contribution in [0.25, 0.3) is 0 Å². The lowest BCUT2D eigenvalue weighted by atomic mass is 10.0. The molecule has 1 aliphatic heterocycles. The normalized spacial score (nSPS) is 15.1. The largest absolute Gasteiger partial charge is 0.496 e. The van der Waals surface area contributed by atoms with Gasteiger partial charge in [-0.25, -0.2) is 4.39 Å². The van der Waals surface area contributed by atoms with E-state index in [1.807, 2.05) is 42.5 Å². The number of oxime groups is 1. The average molecular weight is 453 g/mol. The number of amides is 1. The number of para-hydroxylation sites is 1. The molecule has 0 bridgehead atoms. The second-order valence-corrected chi connectivity index (χ2v) is 7.86. The molecule has 4 rings (SSSR count). The van der Waals surface area contributed by atoms with E-state index in [4.69, 9.17) is 21.2 Å². The Balaban J connectivity index is 1.54. The minimum Gasteiger partial charge on any atom is -0.496 e. The number of methoxy groups -OCH3 is 1. The van der Waals surface area contributed by atoms with Crippen LogP contribution < -0.4 is 4.74 Å². The Kier molecular flexibility index (Phi) is 6.71. The van der Waals surface area contributed by atoms with Gasteiger partial charge in [-0.1, -0.05) is 53.2 Å². The van der Waals surface area contributed by atoms with Crippen molar-refractivity contribution in [2.75, 3.05) is 13.7 Å². The quantitative estimate of drug-likeness (QED) is 0.487. The third-order valence-corrected chi connectivity index (χ3v) is 5.62. The summed E-state index contributed by atoms with van der Waals surface area (Å²) in [7, 11) is 1.61. The molecular weight excluding hydrogens is 431 g/mol. The molecule has 164 valence electrons. The fraction of sp³-hybridized carbons (Fsp3) is 0.200. The Hall–Kier alpha value is -3.38. The van der Waals surface area contributed by atoms with Crippen LogP contribution in [0.5, 0.6) is 5.75 Å². The topological polar surface area (TPSA) is 51.1 Å². The van der Waals surface area contributed by atoms with Crippen LogP contribution in [0.1, 0.15) is 27.9 Å². The first-order valence-corrected chi connectivity index (χ1v) is 10.6. The van der Waals surface area contributed by atoms with E-state index < -0.39 is 5.82 Å². The van der Waals surface area contributed by atoms with Crippen LogP contribution >= 0.6 is 11.6 Å². The fourth-order valence-corrected chi connectivity index (χ4v) is 3.87. The molecule has 3 aromatic carbocycles. The number of hydrogen-bond donors (Lipinski definition) is 0. The number of rotatable bonds is 7. The molecule has 0 N–H and O–H groups in total. The highest BCUT2D eigenvalue weighted by molar-refractivity contribution is 6.31. The summed E-state index contributed by atoms with van der Waals surface area (Å²) in [5, 5.41) is 4.79. The lowest BCUT2D eigenvalue weighted by Crippen LogP contribution is -2.37. The van der Waals surface area contributed by atoms with E-state index >= 15 is 0 Å². The maximum Gasteiger partial charge on any atom is 0.254 e. The van der Waals surface area contributed by atoms with Crippen LogP contribution in [0.2, 0.25) is 5.02 Å². The summed E-state index contributed by atoms with van der Waals surface area (Å²) in [5.41, 5.74) is 2.67. The van der Waals surface area contributed by atoms with Gasteiger partial charge in [0.05, 0.1) is 19.4 Å². The average Bonchev–Trinajstić information content (AvgIpc) is 3.28. The number of nitrogens with zero attached hydrogens (tertiary/aromatic N) is 2. The van der Waals surface area contributed by atoms with Crippen molar-refractivity contribution in [2.45, 2.75) is 19.1 Å². The van der Waals surface area contributed by atoms with Gasteiger partial charge >= 0.3 is 0 Å². The lowest BCUT2D eigenvalue weighted by Gasteiger charge is -2.25. The number of carbonyl (C=O) groups is 1. The Morgan fingerprint density at radius 2 is 1.94 bits per heavy atom. The van der Waals surface area contributed by atoms with Crippen LogP contribution in [0.15, 0.2) is 78.0 Å². The van der Waals surface area contributed by atoms with Crippen LogP contribution in [-0.4, -0.2) is 36.3 Å². The van der Waals surface area contributed by atoms with Crippen molar-refractivity contribution in [1.29, 1.82) is 0 Å². The van der Waals surface area contributed by atoms with E-state index in [0.717, 1.165) is 16.8 Å². The Morgan fingerprint density at radius 1 is 1.16 bits per heavy atom. The molecule has 0 aromatic heterocycles. The maximum atomic E-state index is 13.8. The van der Waals surface area contributed by atoms with E-state index in [-0.39, 0.29) is 30.7 Å². The molecule has 0 aliphatic carbocycles. The van der Waals surface area contributed by atoms with Crippen LogP contribution in [0.4, 0.5) is 4.39 Å². The van der Waals surface area contributed by atoms with E-state index in [0.29, 0.717) is 17.2 Å². The molecule has 32 heavy (non-hydrogen) atoms. The number of ether oxygens (including phenoxy) is 1. The third kappa shape index (κ3) is 4.92. The number of benzene rings is 3. The van der Waals surface area contributed by atoms with Crippen molar-refractivity contribution in [3.63, 3.8) is 0 Å². The molecule has 0 spiro atoms. The summed E-state index contributed by atoms with van der Waals surface area (Å²) >= 11 is 6.33. The molecule has 1 amide bonds. The Bertz CT molecular complexity index is 1150. The molecule has 7 heteroatoms. The summed E-state index contributed by atoms with van der Waals surface area (Å²) in [5.74, 6) is -0.0644. The molecule has 1 heterocycles. The first kappa shape index (κ1) is 21.8. The molecule has 3 aromatic rings. The minimum atomic E-state index is -0.465. The van der Waals surface area contributed by atoms with Crippen molar-refractivity contribution >= 4 is 23.2 Å². The van der Waals surface area contributed by atoms with Gasteiger partial charge in [0.25, 0.3) is 5.91 Å². The number of halogens is 2. The zero-order valence-corrected chi connectivity index (χ0v) is 18.3. The monoisotopic (exact) mass is 452 g/mol. The Morgan fingerprint density at radius 3 is 2.72 bits per heavy atom. The predicted molar refractivity (Wildman–Crippen MR) is 122 cm³/mol. The summed E-state index contributed by atoms with van der Waals surface area (Å²) in [6.45, 7) is 0.529. The molecule has 0 saturated heterocycles. The van der Waals surface area contributed by atoms with Gasteiger partial charge in [-0.05, 0) is 42.0 Å². The summed E-state index contributed by atoms with van der Waals surface area (Å²) in [6.07, 6.45) is 0.158.